The number of hydrogen-bond donors (Lipinski definition) is 3. The van der Waals surface area contributed by atoms with Gasteiger partial charge in [-0.15, -0.1) is 0 Å². The van der Waals surface area contributed by atoms with Crippen molar-refractivity contribution in [2.75, 3.05) is 26.9 Å². The number of ether oxygens (including phenoxy) is 2. The summed E-state index contributed by atoms with van der Waals surface area (Å²) in [5.41, 5.74) is 0. The van der Waals surface area contributed by atoms with Crippen molar-refractivity contribution in [1.82, 2.24) is 10.6 Å². The van der Waals surface area contributed by atoms with Gasteiger partial charge in [-0.05, 0) is 13.8 Å². The monoisotopic (exact) mass is 248 g/mol. The zero-order valence-corrected chi connectivity index (χ0v) is 10.4. The molecule has 7 nitrogen and oxygen atoms in total. The first-order valence-corrected chi connectivity index (χ1v) is 5.39. The summed E-state index contributed by atoms with van der Waals surface area (Å²) in [6.45, 7) is 4.47. The molecule has 0 aromatic carbocycles. The van der Waals surface area contributed by atoms with E-state index in [4.69, 9.17) is 9.84 Å². The Morgan fingerprint density at radius 3 is 2.53 bits per heavy atom. The second kappa shape index (κ2) is 8.77. The van der Waals surface area contributed by atoms with E-state index < -0.39 is 18.0 Å². The maximum absolute atomic E-state index is 11.3. The molecule has 0 saturated carbocycles. The van der Waals surface area contributed by atoms with Gasteiger partial charge in [0.2, 0.25) is 0 Å². The van der Waals surface area contributed by atoms with Crippen LogP contribution in [-0.2, 0) is 14.3 Å². The molecule has 0 heterocycles. The number of carboxylic acids is 1. The zero-order chi connectivity index (χ0) is 13.3. The summed E-state index contributed by atoms with van der Waals surface area (Å²) in [6.07, 6.45) is -0.114. The number of hydrogen-bond acceptors (Lipinski definition) is 4. The Kier molecular flexibility index (Phi) is 8.08. The molecule has 3 N–H and O–H groups in total. The van der Waals surface area contributed by atoms with Crippen molar-refractivity contribution in [2.24, 2.45) is 0 Å². The molecule has 0 rings (SSSR count). The van der Waals surface area contributed by atoms with Crippen LogP contribution in [0.4, 0.5) is 4.79 Å². The zero-order valence-electron chi connectivity index (χ0n) is 10.4. The number of methoxy groups -OCH3 is 1. The Hall–Kier alpha value is -1.34. The molecular weight excluding hydrogens is 228 g/mol. The molecule has 100 valence electrons. The van der Waals surface area contributed by atoms with Crippen LogP contribution in [0.1, 0.15) is 13.8 Å². The first-order chi connectivity index (χ1) is 8.01. The summed E-state index contributed by atoms with van der Waals surface area (Å²) in [5, 5.41) is 13.6. The van der Waals surface area contributed by atoms with Crippen molar-refractivity contribution in [1.29, 1.82) is 0 Å². The summed E-state index contributed by atoms with van der Waals surface area (Å²) < 4.78 is 9.89. The van der Waals surface area contributed by atoms with Gasteiger partial charge >= 0.3 is 12.0 Å². The third-order valence-electron chi connectivity index (χ3n) is 1.94. The lowest BCUT2D eigenvalue weighted by Crippen LogP contribution is -2.49. The van der Waals surface area contributed by atoms with Crippen LogP contribution in [0, 0.1) is 0 Å². The van der Waals surface area contributed by atoms with Crippen LogP contribution in [0.3, 0.4) is 0 Å². The molecule has 2 unspecified atom stereocenters. The lowest BCUT2D eigenvalue weighted by Gasteiger charge is -2.16. The minimum absolute atomic E-state index is 0.0796. The highest BCUT2D eigenvalue weighted by molar-refractivity contribution is 5.82. The number of carbonyl (C=O) groups excluding carboxylic acids is 1. The molecule has 0 bridgehead atoms. The molecule has 0 spiro atoms. The normalized spacial score (nSPS) is 13.8. The molecule has 0 saturated heterocycles. The lowest BCUT2D eigenvalue weighted by molar-refractivity contribution is -0.140. The fraction of sp³-hybridized carbons (Fsp3) is 0.800. The highest BCUT2D eigenvalue weighted by atomic mass is 16.5. The van der Waals surface area contributed by atoms with E-state index in [1.807, 2.05) is 13.8 Å². The summed E-state index contributed by atoms with van der Waals surface area (Å²) in [4.78, 5) is 22.1. The highest BCUT2D eigenvalue weighted by Gasteiger charge is 2.19. The SMILES string of the molecule is CCOC(C)CNC(=O)NC(COC)C(=O)O. The summed E-state index contributed by atoms with van der Waals surface area (Å²) in [7, 11) is 1.37. The molecule has 0 aliphatic rings. The Bertz CT molecular complexity index is 247. The van der Waals surface area contributed by atoms with Crippen LogP contribution in [0.15, 0.2) is 0 Å². The number of nitrogens with one attached hydrogen (secondary N) is 2. The number of amides is 2. The molecule has 0 aromatic heterocycles. The van der Waals surface area contributed by atoms with Gasteiger partial charge in [0.05, 0.1) is 12.7 Å². The van der Waals surface area contributed by atoms with E-state index in [0.29, 0.717) is 13.2 Å². The van der Waals surface area contributed by atoms with Crippen molar-refractivity contribution in [2.45, 2.75) is 26.0 Å². The van der Waals surface area contributed by atoms with E-state index in [1.54, 1.807) is 0 Å². The molecule has 0 aliphatic carbocycles. The highest BCUT2D eigenvalue weighted by Crippen LogP contribution is 1.89. The summed E-state index contributed by atoms with van der Waals surface area (Å²) >= 11 is 0. The van der Waals surface area contributed by atoms with Gasteiger partial charge in [0.15, 0.2) is 6.04 Å². The van der Waals surface area contributed by atoms with Crippen molar-refractivity contribution >= 4 is 12.0 Å². The quantitative estimate of drug-likeness (QED) is 0.553. The molecular formula is C10H20N2O5. The van der Waals surface area contributed by atoms with Gasteiger partial charge < -0.3 is 25.2 Å². The molecule has 2 atom stereocenters. The Balaban J connectivity index is 3.93. The summed E-state index contributed by atoms with van der Waals surface area (Å²) in [6, 6.07) is -1.61. The number of carboxylic acid groups (broad SMARTS) is 1. The van der Waals surface area contributed by atoms with E-state index >= 15 is 0 Å². The fourth-order valence-corrected chi connectivity index (χ4v) is 1.13. The van der Waals surface area contributed by atoms with Crippen molar-refractivity contribution in [3.8, 4) is 0 Å². The molecule has 0 fully saturated rings. The van der Waals surface area contributed by atoms with Crippen LogP contribution in [0.5, 0.6) is 0 Å². The number of rotatable bonds is 8. The van der Waals surface area contributed by atoms with Gasteiger partial charge in [-0.3, -0.25) is 0 Å². The maximum atomic E-state index is 11.3. The van der Waals surface area contributed by atoms with Gasteiger partial charge in [0.1, 0.15) is 0 Å². The molecule has 2 amide bonds. The summed E-state index contributed by atoms with van der Waals surface area (Å²) in [5.74, 6) is -1.14. The van der Waals surface area contributed by atoms with E-state index in [0.717, 1.165) is 0 Å². The second-order valence-electron chi connectivity index (χ2n) is 3.47. The largest absolute Gasteiger partial charge is 0.480 e. The van der Waals surface area contributed by atoms with Gasteiger partial charge in [-0.2, -0.15) is 0 Å². The van der Waals surface area contributed by atoms with Crippen LogP contribution >= 0.6 is 0 Å². The number of carbonyl (C=O) groups is 2. The minimum atomic E-state index is -1.14. The second-order valence-corrected chi connectivity index (χ2v) is 3.47. The average molecular weight is 248 g/mol. The molecule has 0 radical (unpaired) electrons. The topological polar surface area (TPSA) is 96.9 Å². The Morgan fingerprint density at radius 2 is 2.06 bits per heavy atom. The molecule has 17 heavy (non-hydrogen) atoms. The fourth-order valence-electron chi connectivity index (χ4n) is 1.13. The predicted octanol–water partition coefficient (Wildman–Crippen LogP) is -0.190. The van der Waals surface area contributed by atoms with Gasteiger partial charge in [0.25, 0.3) is 0 Å². The van der Waals surface area contributed by atoms with Gasteiger partial charge in [-0.1, -0.05) is 0 Å². The molecule has 0 aliphatic heterocycles. The van der Waals surface area contributed by atoms with Crippen molar-refractivity contribution in [3.63, 3.8) is 0 Å². The lowest BCUT2D eigenvalue weighted by atomic mass is 10.3. The average Bonchev–Trinajstić information content (AvgIpc) is 2.26. The van der Waals surface area contributed by atoms with Gasteiger partial charge in [0, 0.05) is 20.3 Å². The molecule has 7 heteroatoms. The minimum Gasteiger partial charge on any atom is -0.480 e. The van der Waals surface area contributed by atoms with Crippen LogP contribution in [-0.4, -0.2) is 56.1 Å². The third kappa shape index (κ3) is 7.53. The van der Waals surface area contributed by atoms with Gasteiger partial charge in [-0.25, -0.2) is 9.59 Å². The standard InChI is InChI=1S/C10H20N2O5/c1-4-17-7(2)5-11-10(15)12-8(6-16-3)9(13)14/h7-8H,4-6H2,1-3H3,(H,13,14)(H2,11,12,15). The van der Waals surface area contributed by atoms with Crippen molar-refractivity contribution in [3.05, 3.63) is 0 Å². The first kappa shape index (κ1) is 15.7. The predicted molar refractivity (Wildman–Crippen MR) is 60.9 cm³/mol. The van der Waals surface area contributed by atoms with E-state index in [9.17, 15) is 9.59 Å². The van der Waals surface area contributed by atoms with Crippen molar-refractivity contribution < 1.29 is 24.2 Å². The van der Waals surface area contributed by atoms with Crippen LogP contribution in [0.25, 0.3) is 0 Å². The van der Waals surface area contributed by atoms with E-state index in [2.05, 4.69) is 15.4 Å². The number of aliphatic carboxylic acids is 1. The van der Waals surface area contributed by atoms with Crippen LogP contribution < -0.4 is 10.6 Å². The van der Waals surface area contributed by atoms with Crippen LogP contribution in [0.2, 0.25) is 0 Å². The Morgan fingerprint density at radius 1 is 1.41 bits per heavy atom. The van der Waals surface area contributed by atoms with E-state index in [-0.39, 0.29) is 12.7 Å². The Labute approximate surface area is 100 Å². The maximum Gasteiger partial charge on any atom is 0.328 e. The third-order valence-corrected chi connectivity index (χ3v) is 1.94. The smallest absolute Gasteiger partial charge is 0.328 e. The van der Waals surface area contributed by atoms with E-state index in [1.165, 1.54) is 7.11 Å². The molecule has 0 aromatic rings. The first-order valence-electron chi connectivity index (χ1n) is 5.39. The number of urea groups is 1.